The molecule has 1 fully saturated rings. The van der Waals surface area contributed by atoms with Crippen LogP contribution in [0, 0.1) is 0 Å². The van der Waals surface area contributed by atoms with Gasteiger partial charge in [-0.3, -0.25) is 4.79 Å². The second-order valence-electron chi connectivity index (χ2n) is 5.24. The maximum atomic E-state index is 12.7. The molecule has 0 aliphatic carbocycles. The fourth-order valence-electron chi connectivity index (χ4n) is 2.52. The largest absolute Gasteiger partial charge is 0.493 e. The molecule has 1 saturated heterocycles. The highest BCUT2D eigenvalue weighted by atomic mass is 32.2. The number of sulfonamides is 1. The van der Waals surface area contributed by atoms with Crippen molar-refractivity contribution in [2.45, 2.75) is 13.3 Å². The molecule has 1 heterocycles. The Bertz CT molecular complexity index is 630. The molecule has 7 heteroatoms. The second-order valence-corrected chi connectivity index (χ2v) is 7.22. The Balaban J connectivity index is 2.14. The molecule has 1 aromatic carbocycles. The van der Waals surface area contributed by atoms with Crippen LogP contribution in [0.25, 0.3) is 0 Å². The van der Waals surface area contributed by atoms with Gasteiger partial charge in [-0.25, -0.2) is 12.7 Å². The lowest BCUT2D eigenvalue weighted by Gasteiger charge is -2.22. The maximum absolute atomic E-state index is 12.7. The zero-order chi connectivity index (χ0) is 16.2. The number of para-hydroxylation sites is 1. The first kappa shape index (κ1) is 16.8. The molecule has 122 valence electrons. The predicted octanol–water partition coefficient (Wildman–Crippen LogP) is 1.19. The lowest BCUT2D eigenvalue weighted by molar-refractivity contribution is 0.0760. The van der Waals surface area contributed by atoms with E-state index >= 15 is 0 Å². The lowest BCUT2D eigenvalue weighted by Crippen LogP contribution is -2.37. The number of carbonyl (C=O) groups is 1. The smallest absolute Gasteiger partial charge is 0.257 e. The molecule has 0 N–H and O–H groups in total. The van der Waals surface area contributed by atoms with Gasteiger partial charge in [0.2, 0.25) is 10.0 Å². The van der Waals surface area contributed by atoms with E-state index in [1.165, 1.54) is 10.6 Å². The van der Waals surface area contributed by atoms with Gasteiger partial charge < -0.3 is 9.64 Å². The van der Waals surface area contributed by atoms with Crippen molar-refractivity contribution < 1.29 is 17.9 Å². The van der Waals surface area contributed by atoms with Crippen LogP contribution in [0.5, 0.6) is 5.75 Å². The summed E-state index contributed by atoms with van der Waals surface area (Å²) in [4.78, 5) is 14.4. The molecule has 1 aliphatic heterocycles. The third-order valence-corrected chi connectivity index (χ3v) is 4.93. The van der Waals surface area contributed by atoms with Crippen molar-refractivity contribution in [3.05, 3.63) is 29.8 Å². The predicted molar refractivity (Wildman–Crippen MR) is 84.5 cm³/mol. The number of hydrogen-bond acceptors (Lipinski definition) is 4. The average molecular weight is 326 g/mol. The molecule has 0 bridgehead atoms. The third kappa shape index (κ3) is 3.98. The highest BCUT2D eigenvalue weighted by molar-refractivity contribution is 7.88. The molecule has 0 radical (unpaired) electrons. The standard InChI is InChI=1S/C15H22N2O4S/c1-3-21-14-8-5-4-7-13(14)15(18)16-9-6-10-17(12-11-16)22(2,19)20/h4-5,7-8H,3,6,9-12H2,1-2H3. The normalized spacial score (nSPS) is 17.1. The molecule has 0 aromatic heterocycles. The zero-order valence-electron chi connectivity index (χ0n) is 13.0. The SMILES string of the molecule is CCOc1ccccc1C(=O)N1CCCN(S(C)(=O)=O)CC1. The molecule has 6 nitrogen and oxygen atoms in total. The number of hydrogen-bond donors (Lipinski definition) is 0. The van der Waals surface area contributed by atoms with E-state index in [1.807, 2.05) is 13.0 Å². The van der Waals surface area contributed by atoms with E-state index in [1.54, 1.807) is 23.1 Å². The molecule has 1 amide bonds. The van der Waals surface area contributed by atoms with Crippen molar-refractivity contribution in [1.82, 2.24) is 9.21 Å². The van der Waals surface area contributed by atoms with E-state index < -0.39 is 10.0 Å². The van der Waals surface area contributed by atoms with Gasteiger partial charge in [0.05, 0.1) is 18.4 Å². The first-order chi connectivity index (χ1) is 10.4. The van der Waals surface area contributed by atoms with E-state index in [4.69, 9.17) is 4.74 Å². The first-order valence-corrected chi connectivity index (χ1v) is 9.24. The summed E-state index contributed by atoms with van der Waals surface area (Å²) in [7, 11) is -3.21. The molecular formula is C15H22N2O4S. The van der Waals surface area contributed by atoms with Crippen molar-refractivity contribution in [2.24, 2.45) is 0 Å². The van der Waals surface area contributed by atoms with Crippen LogP contribution in [0.15, 0.2) is 24.3 Å². The van der Waals surface area contributed by atoms with Gasteiger partial charge in [-0.05, 0) is 25.5 Å². The fourth-order valence-corrected chi connectivity index (χ4v) is 3.40. The minimum absolute atomic E-state index is 0.112. The number of ether oxygens (including phenoxy) is 1. The van der Waals surface area contributed by atoms with Crippen LogP contribution >= 0.6 is 0 Å². The molecule has 0 spiro atoms. The Morgan fingerprint density at radius 2 is 1.91 bits per heavy atom. The molecule has 0 saturated carbocycles. The topological polar surface area (TPSA) is 66.9 Å². The third-order valence-electron chi connectivity index (χ3n) is 3.63. The number of nitrogens with zero attached hydrogens (tertiary/aromatic N) is 2. The van der Waals surface area contributed by atoms with Gasteiger partial charge in [-0.2, -0.15) is 0 Å². The number of amides is 1. The molecule has 22 heavy (non-hydrogen) atoms. The van der Waals surface area contributed by atoms with Crippen LogP contribution in [0.2, 0.25) is 0 Å². The van der Waals surface area contributed by atoms with Crippen LogP contribution < -0.4 is 4.74 Å². The van der Waals surface area contributed by atoms with Crippen LogP contribution in [-0.4, -0.2) is 62.6 Å². The summed E-state index contributed by atoms with van der Waals surface area (Å²) < 4.78 is 30.2. The number of rotatable bonds is 4. The van der Waals surface area contributed by atoms with Gasteiger partial charge in [0.25, 0.3) is 5.91 Å². The summed E-state index contributed by atoms with van der Waals surface area (Å²) in [5, 5.41) is 0. The first-order valence-electron chi connectivity index (χ1n) is 7.39. The molecule has 1 aromatic rings. The summed E-state index contributed by atoms with van der Waals surface area (Å²) in [5.41, 5.74) is 0.525. The average Bonchev–Trinajstić information content (AvgIpc) is 2.73. The van der Waals surface area contributed by atoms with E-state index in [-0.39, 0.29) is 5.91 Å². The van der Waals surface area contributed by atoms with Crippen molar-refractivity contribution in [1.29, 1.82) is 0 Å². The van der Waals surface area contributed by atoms with Crippen LogP contribution in [0.1, 0.15) is 23.7 Å². The Morgan fingerprint density at radius 1 is 1.18 bits per heavy atom. The summed E-state index contributed by atoms with van der Waals surface area (Å²) in [5.74, 6) is 0.457. The van der Waals surface area contributed by atoms with Crippen LogP contribution in [0.4, 0.5) is 0 Å². The number of benzene rings is 1. The van der Waals surface area contributed by atoms with Crippen molar-refractivity contribution in [2.75, 3.05) is 39.0 Å². The van der Waals surface area contributed by atoms with Gasteiger partial charge in [-0.15, -0.1) is 0 Å². The highest BCUT2D eigenvalue weighted by Crippen LogP contribution is 2.21. The summed E-state index contributed by atoms with van der Waals surface area (Å²) >= 11 is 0. The highest BCUT2D eigenvalue weighted by Gasteiger charge is 2.25. The van der Waals surface area contributed by atoms with E-state index in [0.717, 1.165) is 0 Å². The fraction of sp³-hybridized carbons (Fsp3) is 0.533. The van der Waals surface area contributed by atoms with Crippen molar-refractivity contribution in [3.8, 4) is 5.75 Å². The Kier molecular flexibility index (Phi) is 5.42. The minimum atomic E-state index is -3.21. The van der Waals surface area contributed by atoms with E-state index in [2.05, 4.69) is 0 Å². The molecular weight excluding hydrogens is 304 g/mol. The van der Waals surface area contributed by atoms with Gasteiger partial charge in [0.1, 0.15) is 5.75 Å². The second kappa shape index (κ2) is 7.11. The van der Waals surface area contributed by atoms with Crippen molar-refractivity contribution in [3.63, 3.8) is 0 Å². The summed E-state index contributed by atoms with van der Waals surface area (Å²) in [6.45, 7) is 4.10. The Hall–Kier alpha value is -1.60. The lowest BCUT2D eigenvalue weighted by atomic mass is 10.1. The van der Waals surface area contributed by atoms with E-state index in [9.17, 15) is 13.2 Å². The number of carbonyl (C=O) groups excluding carboxylic acids is 1. The van der Waals surface area contributed by atoms with Gasteiger partial charge in [-0.1, -0.05) is 12.1 Å². The Morgan fingerprint density at radius 3 is 2.59 bits per heavy atom. The van der Waals surface area contributed by atoms with Gasteiger partial charge in [0.15, 0.2) is 0 Å². The molecule has 0 atom stereocenters. The molecule has 0 unspecified atom stereocenters. The monoisotopic (exact) mass is 326 g/mol. The van der Waals surface area contributed by atoms with Crippen LogP contribution in [0.3, 0.4) is 0 Å². The van der Waals surface area contributed by atoms with Gasteiger partial charge in [0, 0.05) is 26.2 Å². The zero-order valence-corrected chi connectivity index (χ0v) is 13.8. The van der Waals surface area contributed by atoms with Crippen molar-refractivity contribution >= 4 is 15.9 Å². The maximum Gasteiger partial charge on any atom is 0.257 e. The molecule has 2 rings (SSSR count). The van der Waals surface area contributed by atoms with Crippen LogP contribution in [-0.2, 0) is 10.0 Å². The molecule has 1 aliphatic rings. The summed E-state index contributed by atoms with van der Waals surface area (Å²) in [6.07, 6.45) is 1.84. The quantitative estimate of drug-likeness (QED) is 0.834. The van der Waals surface area contributed by atoms with Gasteiger partial charge >= 0.3 is 0 Å². The van der Waals surface area contributed by atoms with E-state index in [0.29, 0.717) is 50.5 Å². The summed E-state index contributed by atoms with van der Waals surface area (Å²) in [6, 6.07) is 7.15. The Labute approximate surface area is 131 Å². The minimum Gasteiger partial charge on any atom is -0.493 e.